The number of rotatable bonds is 9. The molecule has 0 amide bonds. The Labute approximate surface area is 170 Å². The summed E-state index contributed by atoms with van der Waals surface area (Å²) in [6.45, 7) is 8.81. The van der Waals surface area contributed by atoms with E-state index >= 15 is 0 Å². The maximum atomic E-state index is 11.3. The molecule has 0 radical (unpaired) electrons. The highest BCUT2D eigenvalue weighted by atomic mass is 32.2. The van der Waals surface area contributed by atoms with Crippen LogP contribution in [0.15, 0.2) is 29.3 Å². The van der Waals surface area contributed by atoms with Crippen LogP contribution in [0, 0.1) is 0 Å². The Bertz CT molecular complexity index is 710. The lowest BCUT2D eigenvalue weighted by molar-refractivity contribution is 0.221. The van der Waals surface area contributed by atoms with Gasteiger partial charge in [-0.2, -0.15) is 0 Å². The minimum Gasteiger partial charge on any atom is -0.357 e. The van der Waals surface area contributed by atoms with Crippen LogP contribution in [0.1, 0.15) is 50.7 Å². The van der Waals surface area contributed by atoms with Crippen LogP contribution in [0.5, 0.6) is 0 Å². The largest absolute Gasteiger partial charge is 0.357 e. The van der Waals surface area contributed by atoms with Crippen LogP contribution < -0.4 is 10.6 Å². The van der Waals surface area contributed by atoms with E-state index in [4.69, 9.17) is 0 Å². The molecule has 1 aromatic carbocycles. The van der Waals surface area contributed by atoms with Gasteiger partial charge in [0.05, 0.1) is 12.3 Å². The summed E-state index contributed by atoms with van der Waals surface area (Å²) in [4.78, 5) is 7.18. The third kappa shape index (κ3) is 9.06. The molecule has 1 aliphatic rings. The average Bonchev–Trinajstić information content (AvgIpc) is 2.66. The monoisotopic (exact) mass is 408 g/mol. The van der Waals surface area contributed by atoms with Gasteiger partial charge in [0.2, 0.25) is 0 Å². The average molecular weight is 409 g/mol. The lowest BCUT2D eigenvalue weighted by atomic mass is 10.1. The fraction of sp³-hybridized carbons (Fsp3) is 0.667. The molecular formula is C21H36N4O2S. The Balaban J connectivity index is 1.86. The van der Waals surface area contributed by atoms with Gasteiger partial charge < -0.3 is 10.6 Å². The first-order valence-electron chi connectivity index (χ1n) is 10.4. The summed E-state index contributed by atoms with van der Waals surface area (Å²) < 4.78 is 22.7. The molecule has 1 fully saturated rings. The van der Waals surface area contributed by atoms with Gasteiger partial charge in [-0.05, 0) is 57.3 Å². The van der Waals surface area contributed by atoms with Crippen LogP contribution in [0.2, 0.25) is 0 Å². The molecule has 1 unspecified atom stereocenters. The molecule has 1 aliphatic heterocycles. The first-order valence-corrected chi connectivity index (χ1v) is 12.4. The first-order chi connectivity index (χ1) is 13.4. The predicted molar refractivity (Wildman–Crippen MR) is 117 cm³/mol. The summed E-state index contributed by atoms with van der Waals surface area (Å²) in [5.41, 5.74) is 2.53. The topological polar surface area (TPSA) is 73.8 Å². The molecule has 2 rings (SSSR count). The number of nitrogens with one attached hydrogen (secondary N) is 2. The molecule has 0 bridgehead atoms. The van der Waals surface area contributed by atoms with Crippen molar-refractivity contribution in [1.29, 1.82) is 0 Å². The number of hydrogen-bond donors (Lipinski definition) is 2. The van der Waals surface area contributed by atoms with Gasteiger partial charge in [-0.25, -0.2) is 13.4 Å². The van der Waals surface area contributed by atoms with Crippen LogP contribution >= 0.6 is 0 Å². The van der Waals surface area contributed by atoms with Crippen molar-refractivity contribution in [1.82, 2.24) is 15.5 Å². The number of hydrogen-bond acceptors (Lipinski definition) is 4. The maximum Gasteiger partial charge on any atom is 0.191 e. The molecule has 2 N–H and O–H groups in total. The van der Waals surface area contributed by atoms with Gasteiger partial charge in [-0.3, -0.25) is 4.90 Å². The number of nitrogens with zero attached hydrogens (tertiary/aromatic N) is 2. The zero-order valence-electron chi connectivity index (χ0n) is 17.6. The van der Waals surface area contributed by atoms with Crippen molar-refractivity contribution in [2.24, 2.45) is 4.99 Å². The van der Waals surface area contributed by atoms with Crippen molar-refractivity contribution in [2.45, 2.75) is 58.7 Å². The van der Waals surface area contributed by atoms with Crippen LogP contribution in [-0.4, -0.2) is 57.0 Å². The third-order valence-electron chi connectivity index (χ3n) is 4.95. The van der Waals surface area contributed by atoms with E-state index in [0.29, 0.717) is 13.0 Å². The Morgan fingerprint density at radius 1 is 1.14 bits per heavy atom. The molecule has 6 nitrogen and oxygen atoms in total. The summed E-state index contributed by atoms with van der Waals surface area (Å²) in [5, 5.41) is 6.52. The predicted octanol–water partition coefficient (Wildman–Crippen LogP) is 2.55. The smallest absolute Gasteiger partial charge is 0.191 e. The molecule has 0 aromatic heterocycles. The minimum atomic E-state index is -2.94. The first kappa shape index (κ1) is 22.7. The van der Waals surface area contributed by atoms with E-state index in [2.05, 4.69) is 44.8 Å². The highest BCUT2D eigenvalue weighted by Crippen LogP contribution is 2.14. The Morgan fingerprint density at radius 3 is 2.39 bits per heavy atom. The summed E-state index contributed by atoms with van der Waals surface area (Å²) in [6.07, 6.45) is 5.83. The lowest BCUT2D eigenvalue weighted by Gasteiger charge is -2.26. The fourth-order valence-electron chi connectivity index (χ4n) is 3.31. The zero-order valence-corrected chi connectivity index (χ0v) is 18.4. The highest BCUT2D eigenvalue weighted by molar-refractivity contribution is 7.90. The number of sulfone groups is 1. The second kappa shape index (κ2) is 11.4. The number of aliphatic imine (C=N–C) groups is 1. The number of benzene rings is 1. The minimum absolute atomic E-state index is 0.0412. The van der Waals surface area contributed by atoms with Crippen LogP contribution in [0.4, 0.5) is 0 Å². The standard InChI is InChI=1S/C21H36N4O2S/c1-4-22-21(24-18(2)12-15-28(3,26)27)23-16-19-8-10-20(11-9-19)17-25-13-6-5-7-14-25/h8-11,18H,4-7,12-17H2,1-3H3,(H2,22,23,24). The van der Waals surface area contributed by atoms with Gasteiger partial charge in [0.25, 0.3) is 0 Å². The van der Waals surface area contributed by atoms with E-state index in [-0.39, 0.29) is 11.8 Å². The molecule has 0 saturated carbocycles. The third-order valence-corrected chi connectivity index (χ3v) is 5.92. The van der Waals surface area contributed by atoms with E-state index in [1.807, 2.05) is 13.8 Å². The second-order valence-electron chi connectivity index (χ2n) is 7.81. The van der Waals surface area contributed by atoms with Crippen LogP contribution in [0.25, 0.3) is 0 Å². The Morgan fingerprint density at radius 2 is 1.79 bits per heavy atom. The van der Waals surface area contributed by atoms with Gasteiger partial charge in [0.15, 0.2) is 5.96 Å². The van der Waals surface area contributed by atoms with Crippen molar-refractivity contribution < 1.29 is 8.42 Å². The van der Waals surface area contributed by atoms with Crippen molar-refractivity contribution in [3.05, 3.63) is 35.4 Å². The summed E-state index contributed by atoms with van der Waals surface area (Å²) in [5.74, 6) is 0.903. The van der Waals surface area contributed by atoms with E-state index in [1.54, 1.807) is 0 Å². The molecule has 28 heavy (non-hydrogen) atoms. The molecule has 0 aliphatic carbocycles. The summed E-state index contributed by atoms with van der Waals surface area (Å²) in [6, 6.07) is 8.75. The van der Waals surface area contributed by atoms with Crippen molar-refractivity contribution in [2.75, 3.05) is 31.6 Å². The number of guanidine groups is 1. The van der Waals surface area contributed by atoms with Crippen LogP contribution in [0.3, 0.4) is 0 Å². The molecule has 1 atom stereocenters. The molecule has 1 heterocycles. The Hall–Kier alpha value is -1.60. The molecule has 7 heteroatoms. The van der Waals surface area contributed by atoms with Gasteiger partial charge in [-0.15, -0.1) is 0 Å². The van der Waals surface area contributed by atoms with E-state index in [0.717, 1.165) is 19.0 Å². The maximum absolute atomic E-state index is 11.3. The SMILES string of the molecule is CCNC(=NCc1ccc(CN2CCCCC2)cc1)NC(C)CCS(C)(=O)=O. The quantitative estimate of drug-likeness (QED) is 0.485. The van der Waals surface area contributed by atoms with Gasteiger partial charge >= 0.3 is 0 Å². The fourth-order valence-corrected chi connectivity index (χ4v) is 4.09. The van der Waals surface area contributed by atoms with E-state index in [1.165, 1.54) is 49.7 Å². The Kier molecular flexibility index (Phi) is 9.25. The van der Waals surface area contributed by atoms with E-state index in [9.17, 15) is 8.42 Å². The van der Waals surface area contributed by atoms with Crippen LogP contribution in [-0.2, 0) is 22.9 Å². The molecule has 0 spiro atoms. The molecule has 1 saturated heterocycles. The van der Waals surface area contributed by atoms with Crippen molar-refractivity contribution >= 4 is 15.8 Å². The highest BCUT2D eigenvalue weighted by Gasteiger charge is 2.11. The van der Waals surface area contributed by atoms with Gasteiger partial charge in [-0.1, -0.05) is 30.7 Å². The zero-order chi connectivity index (χ0) is 20.4. The summed E-state index contributed by atoms with van der Waals surface area (Å²) in [7, 11) is -2.94. The van der Waals surface area contributed by atoms with Crippen molar-refractivity contribution in [3.8, 4) is 0 Å². The normalized spacial score (nSPS) is 17.3. The molecular weight excluding hydrogens is 372 g/mol. The molecule has 158 valence electrons. The lowest BCUT2D eigenvalue weighted by Crippen LogP contribution is -2.42. The number of likely N-dealkylation sites (tertiary alicyclic amines) is 1. The molecule has 1 aromatic rings. The van der Waals surface area contributed by atoms with Gasteiger partial charge in [0, 0.05) is 25.4 Å². The second-order valence-corrected chi connectivity index (χ2v) is 10.1. The number of piperidine rings is 1. The van der Waals surface area contributed by atoms with E-state index < -0.39 is 9.84 Å². The van der Waals surface area contributed by atoms with Crippen molar-refractivity contribution in [3.63, 3.8) is 0 Å². The van der Waals surface area contributed by atoms with Gasteiger partial charge in [0.1, 0.15) is 9.84 Å². The summed E-state index contributed by atoms with van der Waals surface area (Å²) >= 11 is 0.